The van der Waals surface area contributed by atoms with E-state index in [1.54, 1.807) is 9.80 Å². The Morgan fingerprint density at radius 2 is 1.51 bits per heavy atom. The quantitative estimate of drug-likeness (QED) is 0.135. The van der Waals surface area contributed by atoms with Gasteiger partial charge in [0.15, 0.2) is 12.1 Å². The molecule has 1 saturated heterocycles. The zero-order valence-electron chi connectivity index (χ0n) is 35.8. The molecule has 14 nitrogen and oxygen atoms in total. The van der Waals surface area contributed by atoms with E-state index in [1.165, 1.54) is 6.33 Å². The number of ether oxygens (including phenoxy) is 6. The van der Waals surface area contributed by atoms with Gasteiger partial charge in [-0.05, 0) is 106 Å². The molecule has 1 saturated carbocycles. The second kappa shape index (κ2) is 18.7. The Morgan fingerprint density at radius 1 is 0.895 bits per heavy atom. The van der Waals surface area contributed by atoms with E-state index < -0.39 is 23.1 Å². The van der Waals surface area contributed by atoms with Crippen molar-refractivity contribution in [3.63, 3.8) is 0 Å². The molecule has 57 heavy (non-hydrogen) atoms. The minimum Gasteiger partial charge on any atom is -0.444 e. The van der Waals surface area contributed by atoms with Gasteiger partial charge in [0.05, 0.1) is 17.5 Å². The van der Waals surface area contributed by atoms with Gasteiger partial charge in [-0.1, -0.05) is 30.3 Å². The molecule has 2 aromatic heterocycles. The fourth-order valence-electron chi connectivity index (χ4n) is 7.85. The Bertz CT molecular complexity index is 1760. The van der Waals surface area contributed by atoms with Crippen molar-refractivity contribution >= 4 is 29.0 Å². The number of fused-ring (bicyclic) bond motifs is 2. The molecule has 0 unspecified atom stereocenters. The topological polar surface area (TPSA) is 153 Å². The van der Waals surface area contributed by atoms with Crippen LogP contribution in [0.1, 0.15) is 106 Å². The van der Waals surface area contributed by atoms with Crippen LogP contribution >= 0.6 is 0 Å². The number of carbonyl (C=O) groups excluding carboxylic acids is 2. The summed E-state index contributed by atoms with van der Waals surface area (Å²) in [5, 5.41) is 0.805. The monoisotopic (exact) mass is 794 g/mol. The SMILES string of the molecule is CCOC(CCc1cn([C@@H]2C[C@H](CN(CCCN(CCc3ccccc3)C(=O)OC(C)(C)C)C(=O)OC(C)(C)C)[C@H]3OC(C)(C)O[C@H]32)c2ncnc(N)c12)OCC. The number of aryl methyl sites for hydroxylation is 1. The molecule has 1 aliphatic carbocycles. The summed E-state index contributed by atoms with van der Waals surface area (Å²) in [7, 11) is 0. The van der Waals surface area contributed by atoms with Crippen molar-refractivity contribution < 1.29 is 38.0 Å². The summed E-state index contributed by atoms with van der Waals surface area (Å²) in [6.45, 7) is 21.7. The van der Waals surface area contributed by atoms with Gasteiger partial charge in [0.1, 0.15) is 35.1 Å². The molecule has 14 heteroatoms. The van der Waals surface area contributed by atoms with Crippen LogP contribution in [-0.4, -0.2) is 111 Å². The van der Waals surface area contributed by atoms with Crippen molar-refractivity contribution in [1.82, 2.24) is 24.3 Å². The summed E-state index contributed by atoms with van der Waals surface area (Å²) in [4.78, 5) is 39.9. The van der Waals surface area contributed by atoms with Crippen LogP contribution in [0.2, 0.25) is 0 Å². The van der Waals surface area contributed by atoms with Crippen LogP contribution in [-0.2, 0) is 41.3 Å². The predicted octanol–water partition coefficient (Wildman–Crippen LogP) is 7.53. The van der Waals surface area contributed by atoms with Gasteiger partial charge in [0.2, 0.25) is 0 Å². The number of hydrogen-bond acceptors (Lipinski definition) is 11. The number of benzene rings is 1. The van der Waals surface area contributed by atoms with Gasteiger partial charge in [0, 0.05) is 57.9 Å². The molecule has 1 aliphatic heterocycles. The van der Waals surface area contributed by atoms with Crippen molar-refractivity contribution in [3.8, 4) is 0 Å². The number of aromatic nitrogens is 3. The Hall–Kier alpha value is -3.98. The van der Waals surface area contributed by atoms with Crippen molar-refractivity contribution in [2.24, 2.45) is 5.92 Å². The largest absolute Gasteiger partial charge is 0.444 e. The number of anilines is 1. The first-order valence-electron chi connectivity index (χ1n) is 20.6. The molecule has 0 radical (unpaired) electrons. The van der Waals surface area contributed by atoms with Crippen molar-refractivity contribution in [2.75, 3.05) is 45.1 Å². The Labute approximate surface area is 338 Å². The maximum absolute atomic E-state index is 13.9. The molecule has 1 aromatic carbocycles. The van der Waals surface area contributed by atoms with Crippen molar-refractivity contribution in [1.29, 1.82) is 0 Å². The molecule has 0 spiro atoms. The average Bonchev–Trinajstić information content (AvgIpc) is 3.75. The van der Waals surface area contributed by atoms with Crippen molar-refractivity contribution in [2.45, 2.75) is 143 Å². The van der Waals surface area contributed by atoms with E-state index in [0.29, 0.717) is 77.3 Å². The van der Waals surface area contributed by atoms with E-state index in [1.807, 2.05) is 87.4 Å². The summed E-state index contributed by atoms with van der Waals surface area (Å²) in [5.41, 5.74) is 8.02. The summed E-state index contributed by atoms with van der Waals surface area (Å²) >= 11 is 0. The van der Waals surface area contributed by atoms with Crippen LogP contribution in [0.3, 0.4) is 0 Å². The van der Waals surface area contributed by atoms with Gasteiger partial charge in [-0.25, -0.2) is 19.6 Å². The van der Waals surface area contributed by atoms with Crippen LogP contribution in [0.4, 0.5) is 15.4 Å². The lowest BCUT2D eigenvalue weighted by atomic mass is 10.0. The molecule has 2 amide bonds. The fraction of sp³-hybridized carbons (Fsp3) is 0.674. The van der Waals surface area contributed by atoms with E-state index in [0.717, 1.165) is 22.2 Å². The predicted molar refractivity (Wildman–Crippen MR) is 219 cm³/mol. The molecule has 4 atom stereocenters. The number of nitrogens with two attached hydrogens (primary N) is 1. The first kappa shape index (κ1) is 44.1. The smallest absolute Gasteiger partial charge is 0.410 e. The molecular formula is C43H66N6O8. The van der Waals surface area contributed by atoms with E-state index in [4.69, 9.17) is 39.1 Å². The number of rotatable bonds is 17. The summed E-state index contributed by atoms with van der Waals surface area (Å²) in [6.07, 6.45) is 4.99. The minimum absolute atomic E-state index is 0.102. The molecule has 2 N–H and O–H groups in total. The molecule has 2 fully saturated rings. The van der Waals surface area contributed by atoms with E-state index in [-0.39, 0.29) is 36.6 Å². The molecule has 3 heterocycles. The highest BCUT2D eigenvalue weighted by atomic mass is 16.8. The number of nitrogen functional groups attached to an aromatic ring is 1. The van der Waals surface area contributed by atoms with E-state index in [2.05, 4.69) is 27.9 Å². The molecule has 3 aromatic rings. The van der Waals surface area contributed by atoms with Gasteiger partial charge in [-0.2, -0.15) is 0 Å². The third-order valence-corrected chi connectivity index (χ3v) is 10.1. The first-order valence-corrected chi connectivity index (χ1v) is 20.6. The second-order valence-electron chi connectivity index (χ2n) is 17.5. The lowest BCUT2D eigenvalue weighted by Crippen LogP contribution is -2.44. The van der Waals surface area contributed by atoms with Gasteiger partial charge < -0.3 is 48.5 Å². The highest BCUT2D eigenvalue weighted by Gasteiger charge is 2.55. The highest BCUT2D eigenvalue weighted by Crippen LogP contribution is 2.48. The highest BCUT2D eigenvalue weighted by molar-refractivity contribution is 5.90. The third-order valence-electron chi connectivity index (χ3n) is 10.1. The number of carbonyl (C=O) groups is 2. The maximum atomic E-state index is 13.9. The normalized spacial score (nSPS) is 20.5. The first-order chi connectivity index (χ1) is 26.9. The zero-order valence-corrected chi connectivity index (χ0v) is 35.8. The van der Waals surface area contributed by atoms with Gasteiger partial charge in [-0.15, -0.1) is 0 Å². The number of amides is 2. The second-order valence-corrected chi connectivity index (χ2v) is 17.5. The Balaban J connectivity index is 1.38. The van der Waals surface area contributed by atoms with Crippen LogP contribution in [0, 0.1) is 5.92 Å². The van der Waals surface area contributed by atoms with Crippen LogP contribution in [0.15, 0.2) is 42.9 Å². The molecule has 0 bridgehead atoms. The fourth-order valence-corrected chi connectivity index (χ4v) is 7.85. The van der Waals surface area contributed by atoms with Gasteiger partial charge in [-0.3, -0.25) is 0 Å². The minimum atomic E-state index is -0.836. The maximum Gasteiger partial charge on any atom is 0.410 e. The van der Waals surface area contributed by atoms with E-state index >= 15 is 0 Å². The van der Waals surface area contributed by atoms with Crippen LogP contribution in [0.25, 0.3) is 11.0 Å². The lowest BCUT2D eigenvalue weighted by Gasteiger charge is -2.32. The van der Waals surface area contributed by atoms with Gasteiger partial charge >= 0.3 is 12.2 Å². The Morgan fingerprint density at radius 3 is 2.14 bits per heavy atom. The third kappa shape index (κ3) is 12.0. The van der Waals surface area contributed by atoms with Crippen LogP contribution < -0.4 is 5.73 Å². The summed E-state index contributed by atoms with van der Waals surface area (Å²) in [6, 6.07) is 9.90. The average molecular weight is 795 g/mol. The summed E-state index contributed by atoms with van der Waals surface area (Å²) < 4.78 is 38.8. The standard InChI is InChI=1S/C43H66N6O8/c1-11-52-33(53-12-2)20-19-30-27-49(38-34(30)37(44)45-28-46-38)32-25-31(35-36(32)55-43(9,10)54-35)26-48(40(51)57-42(6,7)8)23-16-22-47(39(50)56-41(3,4)5)24-21-29-17-14-13-15-18-29/h13-15,17-18,27-28,31-33,35-36H,11-12,16,19-26H2,1-10H3,(H2,44,45,46)/t31-,32-,35-,36+/m1/s1. The van der Waals surface area contributed by atoms with E-state index in [9.17, 15) is 9.59 Å². The molecule has 316 valence electrons. The van der Waals surface area contributed by atoms with Crippen LogP contribution in [0.5, 0.6) is 0 Å². The van der Waals surface area contributed by atoms with Gasteiger partial charge in [0.25, 0.3) is 0 Å². The number of hydrogen-bond donors (Lipinski definition) is 1. The summed E-state index contributed by atoms with van der Waals surface area (Å²) in [5.74, 6) is -0.527. The molecular weight excluding hydrogens is 729 g/mol. The Kier molecular flexibility index (Phi) is 14.5. The molecule has 2 aliphatic rings. The van der Waals surface area contributed by atoms with Crippen molar-refractivity contribution in [3.05, 3.63) is 54.0 Å². The lowest BCUT2D eigenvalue weighted by molar-refractivity contribution is -0.160. The zero-order chi connectivity index (χ0) is 41.5. The molecule has 5 rings (SSSR count). The number of nitrogens with zero attached hydrogens (tertiary/aromatic N) is 5.